The molecule has 98 valence electrons. The van der Waals surface area contributed by atoms with Gasteiger partial charge in [-0.2, -0.15) is 5.10 Å². The molecule has 0 N–H and O–H groups in total. The van der Waals surface area contributed by atoms with Crippen molar-refractivity contribution in [3.63, 3.8) is 0 Å². The fourth-order valence-electron chi connectivity index (χ4n) is 1.71. The zero-order valence-electron chi connectivity index (χ0n) is 11.3. The maximum absolute atomic E-state index is 6.13. The molecule has 0 spiro atoms. The largest absolute Gasteiger partial charge is 0.268 e. The lowest BCUT2D eigenvalue weighted by atomic mass is 9.95. The lowest BCUT2D eigenvalue weighted by Crippen LogP contribution is -2.18. The van der Waals surface area contributed by atoms with Gasteiger partial charge in [0.1, 0.15) is 5.82 Å². The first kappa shape index (κ1) is 13.1. The molecule has 0 amide bonds. The van der Waals surface area contributed by atoms with Crippen molar-refractivity contribution in [2.45, 2.75) is 46.1 Å². The Bertz CT molecular complexity index is 547. The van der Waals surface area contributed by atoms with Crippen LogP contribution in [0, 0.1) is 0 Å². The van der Waals surface area contributed by atoms with Gasteiger partial charge >= 0.3 is 0 Å². The molecule has 0 aliphatic carbocycles. The van der Waals surface area contributed by atoms with Crippen molar-refractivity contribution in [3.8, 4) is 5.69 Å². The molecule has 0 aliphatic rings. The van der Waals surface area contributed by atoms with Gasteiger partial charge in [-0.1, -0.05) is 20.8 Å². The van der Waals surface area contributed by atoms with E-state index in [2.05, 4.69) is 49.9 Å². The zero-order valence-corrected chi connectivity index (χ0v) is 12.1. The lowest BCUT2D eigenvalue weighted by Gasteiger charge is -2.17. The topological polar surface area (TPSA) is 48.5 Å². The van der Waals surface area contributed by atoms with E-state index in [0.717, 1.165) is 11.5 Å². The normalized spacial score (nSPS) is 12.4. The summed E-state index contributed by atoms with van der Waals surface area (Å²) in [5.41, 5.74) is 0.767. The molecule has 0 unspecified atom stereocenters. The Labute approximate surface area is 112 Å². The number of halogens is 1. The van der Waals surface area contributed by atoms with Crippen LogP contribution < -0.4 is 0 Å². The maximum atomic E-state index is 6.13. The van der Waals surface area contributed by atoms with Gasteiger partial charge in [0.2, 0.25) is 5.28 Å². The third-order valence-electron chi connectivity index (χ3n) is 2.67. The fraction of sp³-hybridized carbons (Fsp3) is 0.583. The van der Waals surface area contributed by atoms with Crippen LogP contribution in [0.15, 0.2) is 12.4 Å². The summed E-state index contributed by atoms with van der Waals surface area (Å²) in [4.78, 5) is 0. The van der Waals surface area contributed by atoms with Crippen LogP contribution in [0.3, 0.4) is 0 Å². The van der Waals surface area contributed by atoms with Crippen molar-refractivity contribution in [2.24, 2.45) is 0 Å². The predicted molar refractivity (Wildman–Crippen MR) is 71.2 cm³/mol. The van der Waals surface area contributed by atoms with E-state index in [1.165, 1.54) is 0 Å². The summed E-state index contributed by atoms with van der Waals surface area (Å²) in [5, 5.41) is 12.8. The first-order valence-electron chi connectivity index (χ1n) is 5.96. The molecule has 0 atom stereocenters. The molecular weight excluding hydrogens is 250 g/mol. The summed E-state index contributed by atoms with van der Waals surface area (Å²) in [6.45, 7) is 10.4. The standard InChI is InChI=1S/C12H18ClN5/c1-8(2)17-7-9(6-14-17)18-10(12(3,4)5)15-16-11(18)13/h6-8H,1-5H3. The predicted octanol–water partition coefficient (Wildman–Crippen LogP) is 3.00. The minimum absolute atomic E-state index is 0.125. The van der Waals surface area contributed by atoms with Crippen LogP contribution in [-0.4, -0.2) is 24.5 Å². The number of hydrogen-bond acceptors (Lipinski definition) is 3. The van der Waals surface area contributed by atoms with Gasteiger partial charge in [-0.3, -0.25) is 9.25 Å². The highest BCUT2D eigenvalue weighted by Gasteiger charge is 2.24. The minimum Gasteiger partial charge on any atom is -0.268 e. The maximum Gasteiger partial charge on any atom is 0.229 e. The third kappa shape index (κ3) is 2.27. The monoisotopic (exact) mass is 267 g/mol. The summed E-state index contributed by atoms with van der Waals surface area (Å²) >= 11 is 6.13. The quantitative estimate of drug-likeness (QED) is 0.840. The highest BCUT2D eigenvalue weighted by atomic mass is 35.5. The van der Waals surface area contributed by atoms with Crippen molar-refractivity contribution in [2.75, 3.05) is 0 Å². The number of nitrogens with zero attached hydrogens (tertiary/aromatic N) is 5. The van der Waals surface area contributed by atoms with E-state index in [9.17, 15) is 0 Å². The van der Waals surface area contributed by atoms with E-state index >= 15 is 0 Å². The Morgan fingerprint density at radius 1 is 1.22 bits per heavy atom. The average Bonchev–Trinajstić information content (AvgIpc) is 2.81. The molecule has 0 fully saturated rings. The molecular formula is C12H18ClN5. The van der Waals surface area contributed by atoms with Crippen LogP contribution >= 0.6 is 11.6 Å². The number of hydrogen-bond donors (Lipinski definition) is 0. The van der Waals surface area contributed by atoms with Crippen LogP contribution in [0.5, 0.6) is 0 Å². The summed E-state index contributed by atoms with van der Waals surface area (Å²) < 4.78 is 3.73. The van der Waals surface area contributed by atoms with Crippen LogP contribution in [0.1, 0.15) is 46.5 Å². The van der Waals surface area contributed by atoms with Gasteiger partial charge in [-0.15, -0.1) is 10.2 Å². The van der Waals surface area contributed by atoms with E-state index in [0.29, 0.717) is 11.3 Å². The second-order valence-electron chi connectivity index (χ2n) is 5.65. The molecule has 6 heteroatoms. The second kappa shape index (κ2) is 4.39. The van der Waals surface area contributed by atoms with Crippen molar-refractivity contribution in [3.05, 3.63) is 23.5 Å². The summed E-state index contributed by atoms with van der Waals surface area (Å²) in [6.07, 6.45) is 3.74. The average molecular weight is 268 g/mol. The van der Waals surface area contributed by atoms with Crippen LogP contribution in [0.25, 0.3) is 5.69 Å². The highest BCUT2D eigenvalue weighted by Crippen LogP contribution is 2.26. The molecule has 2 heterocycles. The van der Waals surface area contributed by atoms with Gasteiger partial charge in [0.15, 0.2) is 0 Å². The molecule has 0 aliphatic heterocycles. The van der Waals surface area contributed by atoms with Gasteiger partial charge in [-0.25, -0.2) is 0 Å². The van der Waals surface area contributed by atoms with Crippen molar-refractivity contribution >= 4 is 11.6 Å². The molecule has 0 bridgehead atoms. The number of rotatable bonds is 2. The fourth-order valence-corrected chi connectivity index (χ4v) is 1.92. The van der Waals surface area contributed by atoms with Gasteiger partial charge in [0.05, 0.1) is 11.9 Å². The van der Waals surface area contributed by atoms with Crippen LogP contribution in [0.2, 0.25) is 5.28 Å². The smallest absolute Gasteiger partial charge is 0.229 e. The van der Waals surface area contributed by atoms with Gasteiger partial charge in [0, 0.05) is 17.7 Å². The van der Waals surface area contributed by atoms with Crippen molar-refractivity contribution in [1.29, 1.82) is 0 Å². The lowest BCUT2D eigenvalue weighted by molar-refractivity contribution is 0.528. The molecule has 0 aromatic carbocycles. The summed E-state index contributed by atoms with van der Waals surface area (Å²) in [6, 6.07) is 0.312. The molecule has 5 nitrogen and oxygen atoms in total. The Morgan fingerprint density at radius 2 is 1.89 bits per heavy atom. The Balaban J connectivity index is 2.53. The molecule has 2 aromatic heterocycles. The van der Waals surface area contributed by atoms with E-state index in [4.69, 9.17) is 11.6 Å². The molecule has 18 heavy (non-hydrogen) atoms. The molecule has 0 saturated heterocycles. The Hall–Kier alpha value is -1.36. The molecule has 2 rings (SSSR count). The minimum atomic E-state index is -0.125. The molecule has 2 aromatic rings. The van der Waals surface area contributed by atoms with Crippen LogP contribution in [-0.2, 0) is 5.41 Å². The summed E-state index contributed by atoms with van der Waals surface area (Å²) in [7, 11) is 0. The van der Waals surface area contributed by atoms with Crippen LogP contribution in [0.4, 0.5) is 0 Å². The highest BCUT2D eigenvalue weighted by molar-refractivity contribution is 6.28. The Kier molecular flexibility index (Phi) is 3.19. The van der Waals surface area contributed by atoms with E-state index in [-0.39, 0.29) is 5.41 Å². The first-order valence-corrected chi connectivity index (χ1v) is 6.34. The van der Waals surface area contributed by atoms with Gasteiger partial charge in [-0.05, 0) is 25.4 Å². The molecule has 0 radical (unpaired) electrons. The van der Waals surface area contributed by atoms with E-state index < -0.39 is 0 Å². The zero-order chi connectivity index (χ0) is 13.5. The molecule has 0 saturated carbocycles. The SMILES string of the molecule is CC(C)n1cc(-n2c(Cl)nnc2C(C)(C)C)cn1. The van der Waals surface area contributed by atoms with Gasteiger partial charge < -0.3 is 0 Å². The van der Waals surface area contributed by atoms with E-state index in [1.807, 2.05) is 15.4 Å². The Morgan fingerprint density at radius 3 is 2.39 bits per heavy atom. The second-order valence-corrected chi connectivity index (χ2v) is 5.99. The third-order valence-corrected chi connectivity index (χ3v) is 2.91. The summed E-state index contributed by atoms with van der Waals surface area (Å²) in [5.74, 6) is 0.829. The number of aromatic nitrogens is 5. The first-order chi connectivity index (χ1) is 8.30. The van der Waals surface area contributed by atoms with Crippen molar-refractivity contribution < 1.29 is 0 Å². The van der Waals surface area contributed by atoms with Crippen molar-refractivity contribution in [1.82, 2.24) is 24.5 Å². The van der Waals surface area contributed by atoms with E-state index in [1.54, 1.807) is 6.20 Å². The van der Waals surface area contributed by atoms with Gasteiger partial charge in [0.25, 0.3) is 0 Å².